The normalized spacial score (nSPS) is 11.9. The van der Waals surface area contributed by atoms with E-state index in [4.69, 9.17) is 0 Å². The topological polar surface area (TPSA) is 66.8 Å². The van der Waals surface area contributed by atoms with Gasteiger partial charge in [0.2, 0.25) is 5.95 Å². The molecule has 0 aliphatic carbocycles. The van der Waals surface area contributed by atoms with Crippen LogP contribution in [-0.4, -0.2) is 33.3 Å². The first kappa shape index (κ1) is 17.7. The van der Waals surface area contributed by atoms with Crippen LogP contribution >= 0.6 is 15.9 Å². The van der Waals surface area contributed by atoms with E-state index in [0.29, 0.717) is 17.0 Å². The van der Waals surface area contributed by atoms with Crippen LogP contribution in [0.25, 0.3) is 11.0 Å². The van der Waals surface area contributed by atoms with Gasteiger partial charge in [-0.15, -0.1) is 0 Å². The van der Waals surface area contributed by atoms with Crippen molar-refractivity contribution >= 4 is 32.9 Å². The van der Waals surface area contributed by atoms with Gasteiger partial charge in [0.1, 0.15) is 5.39 Å². The highest BCUT2D eigenvalue weighted by Crippen LogP contribution is 2.19. The molecule has 2 aromatic heterocycles. The minimum absolute atomic E-state index is 0.161. The maximum Gasteiger partial charge on any atom is 0.263 e. The number of fused-ring (bicyclic) bond motifs is 1. The molecule has 1 aromatic carbocycles. The number of rotatable bonds is 4. The van der Waals surface area contributed by atoms with Crippen LogP contribution in [-0.2, 0) is 12.0 Å². The monoisotopic (exact) mass is 403 g/mol. The summed E-state index contributed by atoms with van der Waals surface area (Å²) in [5.74, 6) is 0.556. The summed E-state index contributed by atoms with van der Waals surface area (Å²) in [5, 5.41) is 4.85. The molecule has 0 saturated heterocycles. The van der Waals surface area contributed by atoms with E-state index in [-0.39, 0.29) is 11.1 Å². The lowest BCUT2D eigenvalue weighted by atomic mass is 10.1. The second-order valence-electron chi connectivity index (χ2n) is 7.15. The number of aromatic nitrogens is 4. The van der Waals surface area contributed by atoms with E-state index in [1.807, 2.05) is 44.9 Å². The summed E-state index contributed by atoms with van der Waals surface area (Å²) in [6, 6.07) is 8.24. The number of H-pyrrole nitrogens is 1. The highest BCUT2D eigenvalue weighted by Gasteiger charge is 2.20. The van der Waals surface area contributed by atoms with Gasteiger partial charge >= 0.3 is 0 Å². The zero-order valence-corrected chi connectivity index (χ0v) is 16.5. The molecule has 0 fully saturated rings. The Morgan fingerprint density at radius 1 is 1.24 bits per heavy atom. The molecule has 25 heavy (non-hydrogen) atoms. The summed E-state index contributed by atoms with van der Waals surface area (Å²) in [7, 11) is 1.93. The first-order chi connectivity index (χ1) is 11.8. The van der Waals surface area contributed by atoms with Gasteiger partial charge in [0.15, 0.2) is 5.65 Å². The van der Waals surface area contributed by atoms with Crippen molar-refractivity contribution in [1.29, 1.82) is 0 Å². The Labute approximate surface area is 155 Å². The van der Waals surface area contributed by atoms with Crippen molar-refractivity contribution < 1.29 is 0 Å². The minimum atomic E-state index is -0.240. The molecule has 0 aliphatic heterocycles. The molecule has 0 amide bonds. The second-order valence-corrected chi connectivity index (χ2v) is 8.07. The van der Waals surface area contributed by atoms with Crippen molar-refractivity contribution in [2.24, 2.45) is 0 Å². The number of aromatic amines is 1. The lowest BCUT2D eigenvalue weighted by Gasteiger charge is -2.21. The predicted octanol–water partition coefficient (Wildman–Crippen LogP) is 3.32. The third kappa shape index (κ3) is 3.76. The summed E-state index contributed by atoms with van der Waals surface area (Å²) in [5.41, 5.74) is 1.45. The van der Waals surface area contributed by atoms with E-state index >= 15 is 0 Å². The Morgan fingerprint density at radius 2 is 1.92 bits per heavy atom. The van der Waals surface area contributed by atoms with E-state index in [1.165, 1.54) is 5.56 Å². The van der Waals surface area contributed by atoms with Gasteiger partial charge in [-0.25, -0.2) is 4.68 Å². The van der Waals surface area contributed by atoms with Crippen LogP contribution in [0.2, 0.25) is 0 Å². The van der Waals surface area contributed by atoms with Gasteiger partial charge in [-0.3, -0.25) is 9.78 Å². The number of hydrogen-bond donors (Lipinski definition) is 1. The van der Waals surface area contributed by atoms with Gasteiger partial charge in [-0.2, -0.15) is 10.1 Å². The van der Waals surface area contributed by atoms with E-state index < -0.39 is 0 Å². The van der Waals surface area contributed by atoms with E-state index in [0.717, 1.165) is 17.4 Å². The standard InChI is InChI=1S/C18H22BrN5O/c1-18(2,3)24-15-14(11-20-24)16(25)22-17(21-15)23(4)10-9-12-5-7-13(19)8-6-12/h5-8,11H,9-10H2,1-4H3,(H,21,22,25). The van der Waals surface area contributed by atoms with E-state index in [1.54, 1.807) is 10.9 Å². The third-order valence-corrected chi connectivity index (χ3v) is 4.60. The maximum absolute atomic E-state index is 12.4. The lowest BCUT2D eigenvalue weighted by molar-refractivity contribution is 0.366. The summed E-state index contributed by atoms with van der Waals surface area (Å²) >= 11 is 3.44. The zero-order valence-electron chi connectivity index (χ0n) is 14.9. The SMILES string of the molecule is CN(CCc1ccc(Br)cc1)c1nc2c(cnn2C(C)(C)C)c(=O)[nH]1. The average Bonchev–Trinajstić information content (AvgIpc) is 2.98. The van der Waals surface area contributed by atoms with Gasteiger partial charge in [0.25, 0.3) is 5.56 Å². The quantitative estimate of drug-likeness (QED) is 0.725. The molecule has 0 saturated carbocycles. The fourth-order valence-electron chi connectivity index (χ4n) is 2.63. The lowest BCUT2D eigenvalue weighted by Crippen LogP contribution is -2.27. The number of benzene rings is 1. The molecule has 132 valence electrons. The van der Waals surface area contributed by atoms with Crippen LogP contribution in [0.3, 0.4) is 0 Å². The number of halogens is 1. The summed E-state index contributed by atoms with van der Waals surface area (Å²) in [6.45, 7) is 6.87. The van der Waals surface area contributed by atoms with Crippen LogP contribution in [0.5, 0.6) is 0 Å². The first-order valence-electron chi connectivity index (χ1n) is 8.20. The molecule has 2 heterocycles. The number of nitrogens with zero attached hydrogens (tertiary/aromatic N) is 4. The highest BCUT2D eigenvalue weighted by molar-refractivity contribution is 9.10. The van der Waals surface area contributed by atoms with Crippen molar-refractivity contribution in [1.82, 2.24) is 19.7 Å². The van der Waals surface area contributed by atoms with Crippen molar-refractivity contribution in [3.63, 3.8) is 0 Å². The van der Waals surface area contributed by atoms with Gasteiger partial charge in [-0.1, -0.05) is 28.1 Å². The summed E-state index contributed by atoms with van der Waals surface area (Å²) in [4.78, 5) is 21.8. The van der Waals surface area contributed by atoms with Crippen LogP contribution < -0.4 is 10.5 Å². The molecule has 3 aromatic rings. The molecule has 0 radical (unpaired) electrons. The van der Waals surface area contributed by atoms with Gasteiger partial charge in [0, 0.05) is 18.1 Å². The van der Waals surface area contributed by atoms with E-state index in [2.05, 4.69) is 43.1 Å². The fraction of sp³-hybridized carbons (Fsp3) is 0.389. The zero-order chi connectivity index (χ0) is 18.2. The molecule has 1 N–H and O–H groups in total. The van der Waals surface area contributed by atoms with Gasteiger partial charge in [-0.05, 0) is 44.9 Å². The molecule has 0 spiro atoms. The number of anilines is 1. The number of nitrogens with one attached hydrogen (secondary N) is 1. The van der Waals surface area contributed by atoms with Gasteiger partial charge in [0.05, 0.1) is 11.7 Å². The molecule has 0 aliphatic rings. The Hall–Kier alpha value is -2.15. The Kier molecular flexibility index (Phi) is 4.69. The maximum atomic E-state index is 12.4. The highest BCUT2D eigenvalue weighted by atomic mass is 79.9. The minimum Gasteiger partial charge on any atom is -0.345 e. The van der Waals surface area contributed by atoms with Crippen LogP contribution in [0.4, 0.5) is 5.95 Å². The first-order valence-corrected chi connectivity index (χ1v) is 8.99. The van der Waals surface area contributed by atoms with Crippen molar-refractivity contribution in [3.05, 3.63) is 50.9 Å². The summed E-state index contributed by atoms with van der Waals surface area (Å²) < 4.78 is 2.86. The molecule has 3 rings (SSSR count). The van der Waals surface area contributed by atoms with Gasteiger partial charge < -0.3 is 4.90 Å². The largest absolute Gasteiger partial charge is 0.345 e. The predicted molar refractivity (Wildman–Crippen MR) is 104 cm³/mol. The molecule has 6 nitrogen and oxygen atoms in total. The summed E-state index contributed by atoms with van der Waals surface area (Å²) in [6.07, 6.45) is 2.45. The molecule has 7 heteroatoms. The van der Waals surface area contributed by atoms with Crippen LogP contribution in [0.15, 0.2) is 39.7 Å². The average molecular weight is 404 g/mol. The van der Waals surface area contributed by atoms with Crippen molar-refractivity contribution in [2.45, 2.75) is 32.7 Å². The number of hydrogen-bond acceptors (Lipinski definition) is 4. The molecule has 0 bridgehead atoms. The smallest absolute Gasteiger partial charge is 0.263 e. The molecular formula is C18H22BrN5O. The second kappa shape index (κ2) is 6.63. The van der Waals surface area contributed by atoms with Crippen molar-refractivity contribution in [2.75, 3.05) is 18.5 Å². The third-order valence-electron chi connectivity index (χ3n) is 4.07. The Morgan fingerprint density at radius 3 is 2.56 bits per heavy atom. The van der Waals surface area contributed by atoms with E-state index in [9.17, 15) is 4.79 Å². The Bertz CT molecular complexity index is 937. The Balaban J connectivity index is 1.87. The van der Waals surface area contributed by atoms with Crippen LogP contribution in [0.1, 0.15) is 26.3 Å². The number of likely N-dealkylation sites (N-methyl/N-ethyl adjacent to an activating group) is 1. The van der Waals surface area contributed by atoms with Crippen molar-refractivity contribution in [3.8, 4) is 0 Å². The fourth-order valence-corrected chi connectivity index (χ4v) is 2.90. The molecule has 0 atom stereocenters. The molecule has 0 unspecified atom stereocenters. The molecular weight excluding hydrogens is 382 g/mol. The van der Waals surface area contributed by atoms with Crippen LogP contribution in [0, 0.1) is 0 Å².